The van der Waals surface area contributed by atoms with Crippen LogP contribution in [0.5, 0.6) is 5.75 Å². The molecule has 0 atom stereocenters. The van der Waals surface area contributed by atoms with Crippen molar-refractivity contribution in [3.63, 3.8) is 0 Å². The van der Waals surface area contributed by atoms with Crippen molar-refractivity contribution >= 4 is 0 Å². The Morgan fingerprint density at radius 1 is 0.629 bits per heavy atom. The maximum absolute atomic E-state index is 5.97. The maximum Gasteiger partial charge on any atom is 0.119 e. The number of ether oxygens (including phenoxy) is 1. The molecule has 3 aromatic carbocycles. The standard InChI is InChI=1S/C33H39NO/c1-3-4-5-7-11-28-16-18-29(19-17-28)14-10-25-34-27(2)15-24-33(34)31-20-22-32(23-21-31)35-26-30-12-8-6-9-13-30/h6,8-9,12-13,15-24H,3-5,7,10-11,14,25-26H2,1-2H3. The molecule has 0 bridgehead atoms. The lowest BCUT2D eigenvalue weighted by molar-refractivity contribution is 0.306. The molecule has 35 heavy (non-hydrogen) atoms. The molecule has 0 unspecified atom stereocenters. The number of hydrogen-bond donors (Lipinski definition) is 0. The van der Waals surface area contributed by atoms with E-state index in [0.29, 0.717) is 6.61 Å². The van der Waals surface area contributed by atoms with Crippen LogP contribution < -0.4 is 4.74 Å². The average molecular weight is 466 g/mol. The van der Waals surface area contributed by atoms with Gasteiger partial charge < -0.3 is 9.30 Å². The zero-order valence-corrected chi connectivity index (χ0v) is 21.4. The number of rotatable bonds is 13. The monoisotopic (exact) mass is 465 g/mol. The molecule has 0 radical (unpaired) electrons. The summed E-state index contributed by atoms with van der Waals surface area (Å²) in [5.74, 6) is 0.904. The minimum Gasteiger partial charge on any atom is -0.489 e. The molecule has 0 amide bonds. The van der Waals surface area contributed by atoms with Crippen molar-refractivity contribution in [3.05, 3.63) is 113 Å². The second-order valence-corrected chi connectivity index (χ2v) is 9.54. The van der Waals surface area contributed by atoms with E-state index < -0.39 is 0 Å². The van der Waals surface area contributed by atoms with Crippen molar-refractivity contribution in [1.82, 2.24) is 4.57 Å². The highest BCUT2D eigenvalue weighted by molar-refractivity contribution is 5.62. The predicted molar refractivity (Wildman–Crippen MR) is 148 cm³/mol. The molecule has 0 fully saturated rings. The van der Waals surface area contributed by atoms with E-state index in [1.165, 1.54) is 65.7 Å². The van der Waals surface area contributed by atoms with Crippen molar-refractivity contribution in [1.29, 1.82) is 0 Å². The second-order valence-electron chi connectivity index (χ2n) is 9.54. The molecular weight excluding hydrogens is 426 g/mol. The third kappa shape index (κ3) is 7.36. The molecule has 1 heterocycles. The predicted octanol–water partition coefficient (Wildman–Crippen LogP) is 8.80. The lowest BCUT2D eigenvalue weighted by Gasteiger charge is -2.13. The van der Waals surface area contributed by atoms with Crippen LogP contribution in [0.15, 0.2) is 91.0 Å². The normalized spacial score (nSPS) is 11.0. The van der Waals surface area contributed by atoms with Gasteiger partial charge in [-0.15, -0.1) is 0 Å². The molecule has 0 saturated heterocycles. The van der Waals surface area contributed by atoms with Gasteiger partial charge in [0.15, 0.2) is 0 Å². The van der Waals surface area contributed by atoms with Crippen LogP contribution in [0.3, 0.4) is 0 Å². The zero-order chi connectivity index (χ0) is 24.3. The lowest BCUT2D eigenvalue weighted by atomic mass is 10.0. The van der Waals surface area contributed by atoms with Crippen LogP contribution >= 0.6 is 0 Å². The maximum atomic E-state index is 5.97. The number of nitrogens with zero attached hydrogens (tertiary/aromatic N) is 1. The van der Waals surface area contributed by atoms with E-state index in [0.717, 1.165) is 25.1 Å². The molecule has 0 aliphatic heterocycles. The van der Waals surface area contributed by atoms with Crippen LogP contribution in [0.25, 0.3) is 11.3 Å². The van der Waals surface area contributed by atoms with Gasteiger partial charge in [-0.3, -0.25) is 0 Å². The molecule has 0 aliphatic rings. The molecular formula is C33H39NO. The summed E-state index contributed by atoms with van der Waals surface area (Å²) < 4.78 is 8.41. The fraction of sp³-hybridized carbons (Fsp3) is 0.333. The number of unbranched alkanes of at least 4 members (excludes halogenated alkanes) is 3. The van der Waals surface area contributed by atoms with Gasteiger partial charge in [-0.05, 0) is 91.3 Å². The highest BCUT2D eigenvalue weighted by Gasteiger charge is 2.08. The summed E-state index contributed by atoms with van der Waals surface area (Å²) in [6.07, 6.45) is 8.77. The first-order valence-corrected chi connectivity index (χ1v) is 13.2. The van der Waals surface area contributed by atoms with Gasteiger partial charge in [0.2, 0.25) is 0 Å². The smallest absolute Gasteiger partial charge is 0.119 e. The van der Waals surface area contributed by atoms with E-state index in [2.05, 4.69) is 91.2 Å². The number of hydrogen-bond acceptors (Lipinski definition) is 1. The van der Waals surface area contributed by atoms with Gasteiger partial charge >= 0.3 is 0 Å². The van der Waals surface area contributed by atoms with E-state index in [9.17, 15) is 0 Å². The van der Waals surface area contributed by atoms with Crippen molar-refractivity contribution in [2.45, 2.75) is 71.9 Å². The van der Waals surface area contributed by atoms with Gasteiger partial charge in [0, 0.05) is 17.9 Å². The molecule has 0 N–H and O–H groups in total. The summed E-state index contributed by atoms with van der Waals surface area (Å²) in [6, 6.07) is 32.6. The SMILES string of the molecule is CCCCCCc1ccc(CCCn2c(C)ccc2-c2ccc(OCc3ccccc3)cc2)cc1. The van der Waals surface area contributed by atoms with E-state index in [4.69, 9.17) is 4.74 Å². The average Bonchev–Trinajstić information content (AvgIpc) is 3.27. The summed E-state index contributed by atoms with van der Waals surface area (Å²) in [5, 5.41) is 0. The molecule has 0 spiro atoms. The Bertz CT molecular complexity index is 1140. The fourth-order valence-corrected chi connectivity index (χ4v) is 4.65. The van der Waals surface area contributed by atoms with Gasteiger partial charge in [0.1, 0.15) is 12.4 Å². The third-order valence-electron chi connectivity index (χ3n) is 6.79. The highest BCUT2D eigenvalue weighted by Crippen LogP contribution is 2.26. The number of aromatic nitrogens is 1. The minimum absolute atomic E-state index is 0.593. The van der Waals surface area contributed by atoms with E-state index in [1.807, 2.05) is 18.2 Å². The first kappa shape index (κ1) is 24.9. The van der Waals surface area contributed by atoms with Gasteiger partial charge in [0.25, 0.3) is 0 Å². The van der Waals surface area contributed by atoms with Crippen LogP contribution in [-0.2, 0) is 26.0 Å². The van der Waals surface area contributed by atoms with Crippen molar-refractivity contribution in [2.75, 3.05) is 0 Å². The summed E-state index contributed by atoms with van der Waals surface area (Å²) in [7, 11) is 0. The summed E-state index contributed by atoms with van der Waals surface area (Å²) in [5.41, 5.74) is 7.92. The molecule has 2 heteroatoms. The van der Waals surface area contributed by atoms with Gasteiger partial charge in [0.05, 0.1) is 0 Å². The molecule has 1 aromatic heterocycles. The van der Waals surface area contributed by atoms with Crippen LogP contribution in [0.2, 0.25) is 0 Å². The number of aryl methyl sites for hydroxylation is 3. The highest BCUT2D eigenvalue weighted by atomic mass is 16.5. The molecule has 4 aromatic rings. The van der Waals surface area contributed by atoms with Crippen LogP contribution in [0.1, 0.15) is 61.4 Å². The van der Waals surface area contributed by atoms with E-state index >= 15 is 0 Å². The first-order valence-electron chi connectivity index (χ1n) is 13.2. The Hall–Kier alpha value is -3.26. The summed E-state index contributed by atoms with van der Waals surface area (Å²) in [6.45, 7) is 6.09. The lowest BCUT2D eigenvalue weighted by Crippen LogP contribution is -2.04. The van der Waals surface area contributed by atoms with Crippen LogP contribution in [0, 0.1) is 6.92 Å². The third-order valence-corrected chi connectivity index (χ3v) is 6.79. The van der Waals surface area contributed by atoms with Gasteiger partial charge in [-0.25, -0.2) is 0 Å². The van der Waals surface area contributed by atoms with E-state index in [1.54, 1.807) is 0 Å². The molecule has 4 rings (SSSR count). The Kier molecular flexibility index (Phi) is 9.23. The second kappa shape index (κ2) is 13.0. The van der Waals surface area contributed by atoms with Crippen LogP contribution in [-0.4, -0.2) is 4.57 Å². The molecule has 182 valence electrons. The minimum atomic E-state index is 0.593. The summed E-state index contributed by atoms with van der Waals surface area (Å²) in [4.78, 5) is 0. The summed E-state index contributed by atoms with van der Waals surface area (Å²) >= 11 is 0. The Labute approximate surface area is 211 Å². The van der Waals surface area contributed by atoms with Crippen molar-refractivity contribution in [2.24, 2.45) is 0 Å². The molecule has 2 nitrogen and oxygen atoms in total. The largest absolute Gasteiger partial charge is 0.489 e. The van der Waals surface area contributed by atoms with Crippen molar-refractivity contribution < 1.29 is 4.74 Å². The Balaban J connectivity index is 1.30. The molecule has 0 aliphatic carbocycles. The first-order chi connectivity index (χ1) is 17.2. The fourth-order valence-electron chi connectivity index (χ4n) is 4.65. The van der Waals surface area contributed by atoms with Crippen LogP contribution in [0.4, 0.5) is 0 Å². The quantitative estimate of drug-likeness (QED) is 0.180. The zero-order valence-electron chi connectivity index (χ0n) is 21.4. The molecule has 0 saturated carbocycles. The van der Waals surface area contributed by atoms with Gasteiger partial charge in [-0.2, -0.15) is 0 Å². The topological polar surface area (TPSA) is 14.2 Å². The number of benzene rings is 3. The van der Waals surface area contributed by atoms with Crippen molar-refractivity contribution in [3.8, 4) is 17.0 Å². The van der Waals surface area contributed by atoms with Gasteiger partial charge in [-0.1, -0.05) is 80.8 Å². The Morgan fingerprint density at radius 3 is 2.00 bits per heavy atom. The van der Waals surface area contributed by atoms with E-state index in [-0.39, 0.29) is 0 Å². The Morgan fingerprint density at radius 2 is 1.31 bits per heavy atom.